The molecule has 3 aromatic heterocycles. The first kappa shape index (κ1) is 25.0. The Hall–Kier alpha value is -5.58. The van der Waals surface area contributed by atoms with E-state index < -0.39 is 0 Å². The Balaban J connectivity index is 1.25. The van der Waals surface area contributed by atoms with E-state index in [0.29, 0.717) is 5.82 Å². The van der Waals surface area contributed by atoms with Crippen LogP contribution in [0.4, 0.5) is 0 Å². The number of hydrogen-bond acceptors (Lipinski definition) is 4. The second-order valence-corrected chi connectivity index (χ2v) is 12.0. The van der Waals surface area contributed by atoms with Crippen LogP contribution in [0.15, 0.2) is 150 Å². The molecule has 0 atom stereocenters. The molecule has 0 fully saturated rings. The highest BCUT2D eigenvalue weighted by molar-refractivity contribution is 7.23. The van der Waals surface area contributed by atoms with Crippen molar-refractivity contribution in [1.82, 2.24) is 9.97 Å². The Morgan fingerprint density at radius 2 is 1.02 bits per heavy atom. The molecule has 0 unspecified atom stereocenters. The number of rotatable bonds is 4. The molecule has 0 aliphatic carbocycles. The summed E-state index contributed by atoms with van der Waals surface area (Å²) in [5.74, 6) is 1.53. The molecule has 0 radical (unpaired) electrons. The van der Waals surface area contributed by atoms with Gasteiger partial charge in [-0.2, -0.15) is 0 Å². The van der Waals surface area contributed by atoms with Gasteiger partial charge < -0.3 is 4.42 Å². The van der Waals surface area contributed by atoms with E-state index in [4.69, 9.17) is 14.4 Å². The van der Waals surface area contributed by atoms with Crippen LogP contribution in [-0.4, -0.2) is 9.97 Å². The predicted molar refractivity (Wildman–Crippen MR) is 184 cm³/mol. The topological polar surface area (TPSA) is 38.9 Å². The van der Waals surface area contributed by atoms with Gasteiger partial charge in [-0.3, -0.25) is 0 Å². The standard InChI is InChI=1S/C40H24N2OS/c1-2-12-25(13-3-1)36-28-15-5-7-17-30(28)37(31-18-8-6-16-29(31)36)27-23-41-40(42-24-27)39-38(32-19-9-11-21-35(32)44-39)34-22-26-14-4-10-20-33(26)43-34/h1-24H. The molecule has 0 N–H and O–H groups in total. The van der Waals surface area contributed by atoms with E-state index in [1.54, 1.807) is 11.3 Å². The second kappa shape index (κ2) is 10.0. The Kier molecular flexibility index (Phi) is 5.68. The summed E-state index contributed by atoms with van der Waals surface area (Å²) in [6.07, 6.45) is 3.96. The molecule has 9 rings (SSSR count). The maximum Gasteiger partial charge on any atom is 0.170 e. The minimum absolute atomic E-state index is 0.694. The average molecular weight is 581 g/mol. The van der Waals surface area contributed by atoms with E-state index in [-0.39, 0.29) is 0 Å². The SMILES string of the molecule is c1ccc(-c2c3ccccc3c(-c3cnc(-c4sc5ccccc5c4-c4cc5ccccc5o4)nc3)c3ccccc23)cc1. The van der Waals surface area contributed by atoms with E-state index in [0.717, 1.165) is 43.7 Å². The molecule has 0 amide bonds. The fourth-order valence-electron chi connectivity index (χ4n) is 6.48. The number of benzene rings is 6. The zero-order valence-electron chi connectivity index (χ0n) is 23.6. The summed E-state index contributed by atoms with van der Waals surface area (Å²) >= 11 is 1.70. The summed E-state index contributed by atoms with van der Waals surface area (Å²) in [7, 11) is 0. The fourth-order valence-corrected chi connectivity index (χ4v) is 7.64. The molecule has 0 saturated carbocycles. The maximum absolute atomic E-state index is 6.37. The Morgan fingerprint density at radius 3 is 1.68 bits per heavy atom. The lowest BCUT2D eigenvalue weighted by molar-refractivity contribution is 0.632. The van der Waals surface area contributed by atoms with Crippen LogP contribution in [0.5, 0.6) is 0 Å². The van der Waals surface area contributed by atoms with Crippen LogP contribution in [0.25, 0.3) is 86.9 Å². The summed E-state index contributed by atoms with van der Waals surface area (Å²) in [4.78, 5) is 11.0. The number of nitrogens with zero attached hydrogens (tertiary/aromatic N) is 2. The number of para-hydroxylation sites is 1. The van der Waals surface area contributed by atoms with E-state index in [9.17, 15) is 0 Å². The molecular formula is C40H24N2OS. The molecule has 0 spiro atoms. The molecule has 0 saturated heterocycles. The Labute approximate surface area is 257 Å². The van der Waals surface area contributed by atoms with Gasteiger partial charge in [0.25, 0.3) is 0 Å². The van der Waals surface area contributed by atoms with Crippen LogP contribution in [-0.2, 0) is 0 Å². The van der Waals surface area contributed by atoms with E-state index in [1.807, 2.05) is 30.6 Å². The van der Waals surface area contributed by atoms with Crippen LogP contribution < -0.4 is 0 Å². The summed E-state index contributed by atoms with van der Waals surface area (Å²) in [6.45, 7) is 0. The molecule has 9 aromatic rings. The van der Waals surface area contributed by atoms with Gasteiger partial charge >= 0.3 is 0 Å². The average Bonchev–Trinajstić information content (AvgIpc) is 3.69. The number of furan rings is 1. The molecule has 6 aromatic carbocycles. The van der Waals surface area contributed by atoms with Gasteiger partial charge in [-0.05, 0) is 50.9 Å². The van der Waals surface area contributed by atoms with Crippen molar-refractivity contribution >= 4 is 53.9 Å². The van der Waals surface area contributed by atoms with Crippen LogP contribution in [0.1, 0.15) is 0 Å². The number of fused-ring (bicyclic) bond motifs is 4. The molecular weight excluding hydrogens is 557 g/mol. The quantitative estimate of drug-likeness (QED) is 0.194. The minimum atomic E-state index is 0.694. The van der Waals surface area contributed by atoms with Crippen molar-refractivity contribution < 1.29 is 4.42 Å². The van der Waals surface area contributed by atoms with Gasteiger partial charge in [0.15, 0.2) is 5.82 Å². The van der Waals surface area contributed by atoms with Crippen molar-refractivity contribution in [3.05, 3.63) is 146 Å². The molecule has 3 heterocycles. The van der Waals surface area contributed by atoms with Gasteiger partial charge in [-0.1, -0.05) is 115 Å². The van der Waals surface area contributed by atoms with E-state index in [1.165, 1.54) is 37.4 Å². The smallest absolute Gasteiger partial charge is 0.170 e. The molecule has 3 nitrogen and oxygen atoms in total. The number of hydrogen-bond donors (Lipinski definition) is 0. The van der Waals surface area contributed by atoms with Crippen molar-refractivity contribution in [3.8, 4) is 44.3 Å². The first-order valence-corrected chi connectivity index (χ1v) is 15.5. The first-order chi connectivity index (χ1) is 21.8. The monoisotopic (exact) mass is 580 g/mol. The Bertz CT molecular complexity index is 2400. The van der Waals surface area contributed by atoms with Crippen molar-refractivity contribution in [3.63, 3.8) is 0 Å². The van der Waals surface area contributed by atoms with Crippen molar-refractivity contribution in [2.75, 3.05) is 0 Å². The zero-order chi connectivity index (χ0) is 29.0. The predicted octanol–water partition coefficient (Wildman–Crippen LogP) is 11.4. The second-order valence-electron chi connectivity index (χ2n) is 11.0. The maximum atomic E-state index is 6.37. The molecule has 206 valence electrons. The van der Waals surface area contributed by atoms with Crippen molar-refractivity contribution in [1.29, 1.82) is 0 Å². The summed E-state index contributed by atoms with van der Waals surface area (Å²) < 4.78 is 7.55. The highest BCUT2D eigenvalue weighted by atomic mass is 32.1. The highest BCUT2D eigenvalue weighted by Crippen LogP contribution is 2.46. The third kappa shape index (κ3) is 3.89. The zero-order valence-corrected chi connectivity index (χ0v) is 24.4. The lowest BCUT2D eigenvalue weighted by atomic mass is 9.86. The molecule has 4 heteroatoms. The fraction of sp³-hybridized carbons (Fsp3) is 0. The van der Waals surface area contributed by atoms with Crippen molar-refractivity contribution in [2.24, 2.45) is 0 Å². The van der Waals surface area contributed by atoms with Gasteiger partial charge in [0.2, 0.25) is 0 Å². The van der Waals surface area contributed by atoms with Gasteiger partial charge in [0.05, 0.1) is 4.88 Å². The van der Waals surface area contributed by atoms with Crippen LogP contribution >= 0.6 is 11.3 Å². The lowest BCUT2D eigenvalue weighted by Crippen LogP contribution is -1.93. The molecule has 0 aliphatic heterocycles. The van der Waals surface area contributed by atoms with E-state index in [2.05, 4.69) is 115 Å². The number of thiophene rings is 1. The van der Waals surface area contributed by atoms with Crippen molar-refractivity contribution in [2.45, 2.75) is 0 Å². The molecule has 0 aliphatic rings. The van der Waals surface area contributed by atoms with Crippen LogP contribution in [0.3, 0.4) is 0 Å². The first-order valence-electron chi connectivity index (χ1n) is 14.7. The van der Waals surface area contributed by atoms with Gasteiger partial charge in [0, 0.05) is 44.6 Å². The lowest BCUT2D eigenvalue weighted by Gasteiger charge is -2.17. The van der Waals surface area contributed by atoms with Gasteiger partial charge in [-0.25, -0.2) is 9.97 Å². The minimum Gasteiger partial charge on any atom is -0.456 e. The van der Waals surface area contributed by atoms with E-state index >= 15 is 0 Å². The van der Waals surface area contributed by atoms with Gasteiger partial charge in [-0.15, -0.1) is 11.3 Å². The summed E-state index contributed by atoms with van der Waals surface area (Å²) in [5, 5.41) is 7.03. The third-order valence-electron chi connectivity index (χ3n) is 8.40. The molecule has 0 bridgehead atoms. The van der Waals surface area contributed by atoms with Gasteiger partial charge in [0.1, 0.15) is 11.3 Å². The normalized spacial score (nSPS) is 11.6. The third-order valence-corrected chi connectivity index (χ3v) is 9.57. The summed E-state index contributed by atoms with van der Waals surface area (Å²) in [6, 6.07) is 46.7. The highest BCUT2D eigenvalue weighted by Gasteiger charge is 2.22. The Morgan fingerprint density at radius 1 is 0.477 bits per heavy atom. The molecule has 44 heavy (non-hydrogen) atoms. The van der Waals surface area contributed by atoms with Crippen LogP contribution in [0.2, 0.25) is 0 Å². The largest absolute Gasteiger partial charge is 0.456 e. The van der Waals surface area contributed by atoms with Crippen LogP contribution in [0, 0.1) is 0 Å². The number of aromatic nitrogens is 2. The summed E-state index contributed by atoms with van der Waals surface area (Å²) in [5.41, 5.74) is 6.51.